The van der Waals surface area contributed by atoms with Gasteiger partial charge in [0.1, 0.15) is 12.4 Å². The molecule has 0 bridgehead atoms. The Labute approximate surface area is 236 Å². The van der Waals surface area contributed by atoms with Crippen LogP contribution in [0.25, 0.3) is 0 Å². The maximum atomic E-state index is 13.4. The van der Waals surface area contributed by atoms with Crippen LogP contribution in [-0.4, -0.2) is 30.6 Å². The van der Waals surface area contributed by atoms with E-state index in [1.54, 1.807) is 36.9 Å². The maximum absolute atomic E-state index is 13.4. The minimum Gasteiger partial charge on any atom is -0.493 e. The molecule has 0 aromatic heterocycles. The SMILES string of the molecule is CCOc1ccc(NC(=O)C(C)C)cc1C(=O)NC(C)c1cccc(N(C(=O)OCc2ccccc2)C(C)C)c1. The molecule has 212 valence electrons. The highest BCUT2D eigenvalue weighted by atomic mass is 16.6. The Morgan fingerprint density at radius 1 is 0.875 bits per heavy atom. The van der Waals surface area contributed by atoms with Crippen molar-refractivity contribution in [2.45, 2.75) is 60.2 Å². The molecule has 3 rings (SSSR count). The number of anilines is 2. The van der Waals surface area contributed by atoms with Gasteiger partial charge in [-0.3, -0.25) is 14.5 Å². The van der Waals surface area contributed by atoms with Crippen molar-refractivity contribution in [3.8, 4) is 5.75 Å². The van der Waals surface area contributed by atoms with Crippen molar-refractivity contribution in [3.63, 3.8) is 0 Å². The van der Waals surface area contributed by atoms with E-state index in [0.717, 1.165) is 11.1 Å². The molecule has 2 N–H and O–H groups in total. The van der Waals surface area contributed by atoms with Gasteiger partial charge in [0.15, 0.2) is 0 Å². The average molecular weight is 546 g/mol. The Morgan fingerprint density at radius 2 is 1.60 bits per heavy atom. The number of hydrogen-bond donors (Lipinski definition) is 2. The number of rotatable bonds is 11. The van der Waals surface area contributed by atoms with Crippen LogP contribution in [0.2, 0.25) is 0 Å². The van der Waals surface area contributed by atoms with Crippen LogP contribution < -0.4 is 20.3 Å². The second-order valence-corrected chi connectivity index (χ2v) is 10.1. The number of ether oxygens (including phenoxy) is 2. The van der Waals surface area contributed by atoms with Gasteiger partial charge >= 0.3 is 6.09 Å². The van der Waals surface area contributed by atoms with Gasteiger partial charge < -0.3 is 20.1 Å². The van der Waals surface area contributed by atoms with Crippen LogP contribution in [0.3, 0.4) is 0 Å². The van der Waals surface area contributed by atoms with Gasteiger partial charge in [-0.25, -0.2) is 4.79 Å². The minimum atomic E-state index is -0.450. The van der Waals surface area contributed by atoms with Crippen molar-refractivity contribution in [2.24, 2.45) is 5.92 Å². The predicted molar refractivity (Wildman–Crippen MR) is 158 cm³/mol. The molecule has 0 saturated carbocycles. The van der Waals surface area contributed by atoms with Crippen molar-refractivity contribution >= 4 is 29.3 Å². The molecular formula is C32H39N3O5. The molecule has 3 amide bonds. The van der Waals surface area contributed by atoms with E-state index in [1.165, 1.54) is 0 Å². The van der Waals surface area contributed by atoms with Gasteiger partial charge in [0, 0.05) is 23.3 Å². The van der Waals surface area contributed by atoms with E-state index in [2.05, 4.69) is 10.6 Å². The normalized spacial score (nSPS) is 11.6. The van der Waals surface area contributed by atoms with Gasteiger partial charge in [0.25, 0.3) is 5.91 Å². The summed E-state index contributed by atoms with van der Waals surface area (Å²) in [5, 5.41) is 5.85. The zero-order valence-electron chi connectivity index (χ0n) is 24.1. The number of amides is 3. The summed E-state index contributed by atoms with van der Waals surface area (Å²) in [4.78, 5) is 40.2. The number of nitrogens with zero attached hydrogens (tertiary/aromatic N) is 1. The molecule has 0 aliphatic rings. The number of nitrogens with one attached hydrogen (secondary N) is 2. The monoisotopic (exact) mass is 545 g/mol. The average Bonchev–Trinajstić information content (AvgIpc) is 2.93. The molecule has 0 radical (unpaired) electrons. The highest BCUT2D eigenvalue weighted by Gasteiger charge is 2.23. The summed E-state index contributed by atoms with van der Waals surface area (Å²) >= 11 is 0. The van der Waals surface area contributed by atoms with Gasteiger partial charge in [-0.15, -0.1) is 0 Å². The molecule has 0 aliphatic heterocycles. The van der Waals surface area contributed by atoms with Crippen LogP contribution in [0.1, 0.15) is 69.1 Å². The Bertz CT molecular complexity index is 1310. The largest absolute Gasteiger partial charge is 0.493 e. The van der Waals surface area contributed by atoms with Crippen molar-refractivity contribution in [2.75, 3.05) is 16.8 Å². The van der Waals surface area contributed by atoms with Gasteiger partial charge in [-0.1, -0.05) is 56.3 Å². The highest BCUT2D eigenvalue weighted by Crippen LogP contribution is 2.27. The maximum Gasteiger partial charge on any atom is 0.414 e. The lowest BCUT2D eigenvalue weighted by Gasteiger charge is -2.27. The van der Waals surface area contributed by atoms with Crippen molar-refractivity contribution in [1.29, 1.82) is 0 Å². The summed E-state index contributed by atoms with van der Waals surface area (Å²) < 4.78 is 11.3. The van der Waals surface area contributed by atoms with Gasteiger partial charge in [0.2, 0.25) is 5.91 Å². The Balaban J connectivity index is 1.78. The van der Waals surface area contributed by atoms with E-state index < -0.39 is 6.09 Å². The molecule has 0 aliphatic carbocycles. The fourth-order valence-electron chi connectivity index (χ4n) is 4.06. The molecule has 8 nitrogen and oxygen atoms in total. The molecular weight excluding hydrogens is 506 g/mol. The van der Waals surface area contributed by atoms with Crippen LogP contribution in [0.15, 0.2) is 72.8 Å². The first kappa shape index (κ1) is 30.2. The summed E-state index contributed by atoms with van der Waals surface area (Å²) in [7, 11) is 0. The number of benzene rings is 3. The second-order valence-electron chi connectivity index (χ2n) is 10.1. The second kappa shape index (κ2) is 14.2. The molecule has 8 heteroatoms. The third kappa shape index (κ3) is 8.09. The molecule has 40 heavy (non-hydrogen) atoms. The number of carbonyl (C=O) groups is 3. The Kier molecular flexibility index (Phi) is 10.7. The van der Waals surface area contributed by atoms with Gasteiger partial charge in [-0.2, -0.15) is 0 Å². The smallest absolute Gasteiger partial charge is 0.414 e. The van der Waals surface area contributed by atoms with E-state index in [4.69, 9.17) is 9.47 Å². The van der Waals surface area contributed by atoms with Crippen LogP contribution in [0, 0.1) is 5.92 Å². The first-order valence-corrected chi connectivity index (χ1v) is 13.6. The van der Waals surface area contributed by atoms with Crippen LogP contribution in [-0.2, 0) is 16.1 Å². The lowest BCUT2D eigenvalue weighted by atomic mass is 10.1. The van der Waals surface area contributed by atoms with E-state index in [1.807, 2.05) is 82.3 Å². The van der Waals surface area contributed by atoms with Crippen molar-refractivity contribution < 1.29 is 23.9 Å². The van der Waals surface area contributed by atoms with Crippen LogP contribution in [0.4, 0.5) is 16.2 Å². The molecule has 0 saturated heterocycles. The molecule has 1 unspecified atom stereocenters. The predicted octanol–water partition coefficient (Wildman–Crippen LogP) is 6.72. The van der Waals surface area contributed by atoms with E-state index >= 15 is 0 Å². The van der Waals surface area contributed by atoms with Gasteiger partial charge in [-0.05, 0) is 69.2 Å². The lowest BCUT2D eigenvalue weighted by molar-refractivity contribution is -0.118. The molecule has 0 spiro atoms. The number of hydrogen-bond acceptors (Lipinski definition) is 5. The highest BCUT2D eigenvalue weighted by molar-refractivity contribution is 6.00. The molecule has 3 aromatic carbocycles. The summed E-state index contributed by atoms with van der Waals surface area (Å²) in [5.41, 5.74) is 3.22. The summed E-state index contributed by atoms with van der Waals surface area (Å²) in [6.07, 6.45) is -0.450. The fourth-order valence-corrected chi connectivity index (χ4v) is 4.06. The van der Waals surface area contributed by atoms with Crippen molar-refractivity contribution in [1.82, 2.24) is 5.32 Å². The van der Waals surface area contributed by atoms with E-state index in [9.17, 15) is 14.4 Å². The van der Waals surface area contributed by atoms with Crippen LogP contribution >= 0.6 is 0 Å². The summed E-state index contributed by atoms with van der Waals surface area (Å²) in [5.74, 6) is -0.254. The third-order valence-electron chi connectivity index (χ3n) is 6.23. The van der Waals surface area contributed by atoms with E-state index in [0.29, 0.717) is 29.3 Å². The lowest BCUT2D eigenvalue weighted by Crippen LogP contribution is -2.37. The van der Waals surface area contributed by atoms with Gasteiger partial charge in [0.05, 0.1) is 18.2 Å². The Morgan fingerprint density at radius 3 is 2.25 bits per heavy atom. The first-order chi connectivity index (χ1) is 19.1. The zero-order chi connectivity index (χ0) is 29.2. The third-order valence-corrected chi connectivity index (χ3v) is 6.23. The zero-order valence-corrected chi connectivity index (χ0v) is 24.1. The van der Waals surface area contributed by atoms with Crippen LogP contribution in [0.5, 0.6) is 5.75 Å². The molecule has 0 fully saturated rings. The van der Waals surface area contributed by atoms with Crippen molar-refractivity contribution in [3.05, 3.63) is 89.5 Å². The fraction of sp³-hybridized carbons (Fsp3) is 0.344. The quantitative estimate of drug-likeness (QED) is 0.279. The molecule has 3 aromatic rings. The molecule has 0 heterocycles. The Hall–Kier alpha value is -4.33. The minimum absolute atomic E-state index is 0.141. The standard InChI is InChI=1S/C32H39N3O5/c1-7-39-29-17-16-26(34-30(36)21(2)3)19-28(29)31(37)33-23(6)25-14-11-15-27(18-25)35(22(4)5)32(38)40-20-24-12-9-8-10-13-24/h8-19,21-23H,7,20H2,1-6H3,(H,33,37)(H,34,36). The summed E-state index contributed by atoms with van der Waals surface area (Å²) in [6, 6.07) is 21.5. The topological polar surface area (TPSA) is 97.0 Å². The summed E-state index contributed by atoms with van der Waals surface area (Å²) in [6.45, 7) is 11.7. The van der Waals surface area contributed by atoms with E-state index in [-0.39, 0.29) is 36.4 Å². The first-order valence-electron chi connectivity index (χ1n) is 13.6. The number of carbonyl (C=O) groups excluding carboxylic acids is 3. The molecule has 1 atom stereocenters.